The normalized spacial score (nSPS) is 15.4. The zero-order valence-electron chi connectivity index (χ0n) is 31.2. The Morgan fingerprint density at radius 3 is 2.13 bits per heavy atom. The number of nitriles is 1. The number of likely N-dealkylation sites (tertiary alicyclic amines) is 1. The van der Waals surface area contributed by atoms with Crippen LogP contribution in [0, 0.1) is 23.2 Å². The number of carbonyl (C=O) groups is 1. The Labute approximate surface area is 322 Å². The highest BCUT2D eigenvalue weighted by atomic mass is 16.5. The molecule has 6 aromatic rings. The molecular weight excluding hydrogens is 685 g/mol. The molecular formula is C47H44N4O4. The monoisotopic (exact) mass is 728 g/mol. The van der Waals surface area contributed by atoms with E-state index in [2.05, 4.69) is 46.3 Å². The summed E-state index contributed by atoms with van der Waals surface area (Å²) in [5.74, 6) is 2.38. The van der Waals surface area contributed by atoms with Gasteiger partial charge in [-0.05, 0) is 104 Å². The van der Waals surface area contributed by atoms with E-state index in [0.717, 1.165) is 60.5 Å². The highest BCUT2D eigenvalue weighted by Gasteiger charge is 2.34. The SMILES string of the molecule is COc1cc2c(cc1OC)C(=O)C(CC1CCN(Cc3ccccc3)CC1)C2.N#Cc1ccccc1-c1cc(-c2ccccn2)cn(-c2ccccc2)c1=O. The van der Waals surface area contributed by atoms with Crippen molar-refractivity contribution in [3.8, 4) is 45.6 Å². The molecule has 3 heterocycles. The first-order valence-corrected chi connectivity index (χ1v) is 18.7. The van der Waals surface area contributed by atoms with Crippen LogP contribution in [0.1, 0.15) is 46.3 Å². The second-order valence-electron chi connectivity index (χ2n) is 14.1. The fraction of sp³-hybridized carbons (Fsp3) is 0.234. The number of piperidine rings is 1. The maximum absolute atomic E-state index is 13.3. The van der Waals surface area contributed by atoms with Crippen molar-refractivity contribution < 1.29 is 14.3 Å². The van der Waals surface area contributed by atoms with E-state index in [9.17, 15) is 14.9 Å². The number of rotatable bonds is 9. The number of Topliss-reactive ketones (excluding diaryl/α,β-unsaturated/α-hetero) is 1. The van der Waals surface area contributed by atoms with Crippen LogP contribution in [0.25, 0.3) is 28.1 Å². The number of ether oxygens (including phenoxy) is 2. The number of methoxy groups -OCH3 is 2. The third-order valence-electron chi connectivity index (χ3n) is 10.6. The summed E-state index contributed by atoms with van der Waals surface area (Å²) in [6.45, 7) is 3.27. The second-order valence-corrected chi connectivity index (χ2v) is 14.1. The first-order chi connectivity index (χ1) is 26.9. The van der Waals surface area contributed by atoms with Gasteiger partial charge in [-0.2, -0.15) is 5.26 Å². The molecule has 1 saturated heterocycles. The fourth-order valence-corrected chi connectivity index (χ4v) is 7.76. The lowest BCUT2D eigenvalue weighted by Crippen LogP contribution is -2.34. The van der Waals surface area contributed by atoms with Crippen molar-refractivity contribution in [2.45, 2.75) is 32.2 Å². The Bertz CT molecular complexity index is 2350. The summed E-state index contributed by atoms with van der Waals surface area (Å²) in [7, 11) is 3.26. The van der Waals surface area contributed by atoms with Gasteiger partial charge in [0.15, 0.2) is 17.3 Å². The summed E-state index contributed by atoms with van der Waals surface area (Å²) in [4.78, 5) is 33.1. The third kappa shape index (κ3) is 8.43. The Balaban J connectivity index is 0.000000169. The van der Waals surface area contributed by atoms with E-state index in [1.807, 2.05) is 66.7 Å². The first kappa shape index (κ1) is 37.0. The van der Waals surface area contributed by atoms with Crippen molar-refractivity contribution in [1.82, 2.24) is 14.5 Å². The van der Waals surface area contributed by atoms with E-state index in [1.54, 1.807) is 55.4 Å². The zero-order valence-corrected chi connectivity index (χ0v) is 31.2. The Hall–Kier alpha value is -6.30. The molecule has 1 fully saturated rings. The predicted octanol–water partition coefficient (Wildman–Crippen LogP) is 8.80. The largest absolute Gasteiger partial charge is 0.493 e. The summed E-state index contributed by atoms with van der Waals surface area (Å²) in [5.41, 5.74) is 7.02. The molecule has 2 aromatic heterocycles. The predicted molar refractivity (Wildman–Crippen MR) is 216 cm³/mol. The van der Waals surface area contributed by atoms with Crippen LogP contribution in [0.2, 0.25) is 0 Å². The minimum absolute atomic E-state index is 0.109. The van der Waals surface area contributed by atoms with Gasteiger partial charge >= 0.3 is 0 Å². The van der Waals surface area contributed by atoms with Crippen LogP contribution < -0.4 is 15.0 Å². The Morgan fingerprint density at radius 1 is 0.764 bits per heavy atom. The molecule has 0 radical (unpaired) electrons. The summed E-state index contributed by atoms with van der Waals surface area (Å²) >= 11 is 0. The highest BCUT2D eigenvalue weighted by Crippen LogP contribution is 2.39. The minimum Gasteiger partial charge on any atom is -0.493 e. The van der Waals surface area contributed by atoms with Crippen LogP contribution in [0.4, 0.5) is 0 Å². The number of carbonyl (C=O) groups excluding carboxylic acids is 1. The molecule has 1 unspecified atom stereocenters. The lowest BCUT2D eigenvalue weighted by Gasteiger charge is -2.32. The van der Waals surface area contributed by atoms with Gasteiger partial charge in [0.2, 0.25) is 0 Å². The van der Waals surface area contributed by atoms with Gasteiger partial charge in [-0.25, -0.2) is 0 Å². The molecule has 0 spiro atoms. The van der Waals surface area contributed by atoms with Gasteiger partial charge in [0.05, 0.1) is 31.5 Å². The topological polar surface area (TPSA) is 97.4 Å². The Kier molecular flexibility index (Phi) is 11.6. The standard InChI is InChI=1S/C24H29NO3.C23H15N3O/c1-27-22-14-19-13-20(24(26)21(19)15-23(22)28-2)12-17-8-10-25(11-9-17)16-18-6-4-3-5-7-18;24-15-17-8-4-5-11-20(17)21-14-18(22-12-6-7-13-25-22)16-26(23(21)27)19-9-2-1-3-10-19/h3-7,14-15,17,20H,8-13,16H2,1-2H3;1-14,16H. The van der Waals surface area contributed by atoms with Gasteiger partial charge in [-0.15, -0.1) is 0 Å². The van der Waals surface area contributed by atoms with Crippen LogP contribution in [0.5, 0.6) is 11.5 Å². The number of aromatic nitrogens is 2. The van der Waals surface area contributed by atoms with E-state index >= 15 is 0 Å². The van der Waals surface area contributed by atoms with Crippen molar-refractivity contribution in [2.75, 3.05) is 27.3 Å². The van der Waals surface area contributed by atoms with Gasteiger partial charge in [-0.1, -0.05) is 72.8 Å². The summed E-state index contributed by atoms with van der Waals surface area (Å²) < 4.78 is 12.4. The average molecular weight is 729 g/mol. The number of fused-ring (bicyclic) bond motifs is 1. The highest BCUT2D eigenvalue weighted by molar-refractivity contribution is 6.03. The second kappa shape index (κ2) is 17.2. The molecule has 0 N–H and O–H groups in total. The van der Waals surface area contributed by atoms with Gasteiger partial charge in [-0.3, -0.25) is 24.0 Å². The van der Waals surface area contributed by atoms with Crippen molar-refractivity contribution in [1.29, 1.82) is 5.26 Å². The molecule has 4 aromatic carbocycles. The van der Waals surface area contributed by atoms with E-state index in [1.165, 1.54) is 18.4 Å². The van der Waals surface area contributed by atoms with Gasteiger partial charge < -0.3 is 9.47 Å². The smallest absolute Gasteiger partial charge is 0.263 e. The Morgan fingerprint density at radius 2 is 1.44 bits per heavy atom. The van der Waals surface area contributed by atoms with Crippen molar-refractivity contribution in [2.24, 2.45) is 11.8 Å². The molecule has 55 heavy (non-hydrogen) atoms. The van der Waals surface area contributed by atoms with Crippen LogP contribution in [-0.4, -0.2) is 47.5 Å². The quantitative estimate of drug-likeness (QED) is 0.147. The first-order valence-electron chi connectivity index (χ1n) is 18.7. The molecule has 0 amide bonds. The molecule has 1 aliphatic carbocycles. The van der Waals surface area contributed by atoms with E-state index in [0.29, 0.717) is 34.1 Å². The molecule has 276 valence electrons. The summed E-state index contributed by atoms with van der Waals surface area (Å²) in [5, 5.41) is 9.47. The lowest BCUT2D eigenvalue weighted by atomic mass is 9.85. The molecule has 8 heteroatoms. The maximum Gasteiger partial charge on any atom is 0.263 e. The summed E-state index contributed by atoms with van der Waals surface area (Å²) in [6.07, 6.45) is 7.70. The van der Waals surface area contributed by atoms with Gasteiger partial charge in [0, 0.05) is 52.8 Å². The summed E-state index contributed by atoms with van der Waals surface area (Å²) in [6, 6.07) is 40.7. The maximum atomic E-state index is 13.3. The number of hydrogen-bond acceptors (Lipinski definition) is 7. The number of para-hydroxylation sites is 1. The zero-order chi connectivity index (χ0) is 38.1. The molecule has 1 aliphatic heterocycles. The fourth-order valence-electron chi connectivity index (χ4n) is 7.76. The van der Waals surface area contributed by atoms with Crippen LogP contribution in [-0.2, 0) is 13.0 Å². The minimum atomic E-state index is -0.177. The van der Waals surface area contributed by atoms with E-state index < -0.39 is 0 Å². The average Bonchev–Trinajstić information content (AvgIpc) is 3.55. The van der Waals surface area contributed by atoms with Crippen molar-refractivity contribution in [3.05, 3.63) is 166 Å². The van der Waals surface area contributed by atoms with Crippen molar-refractivity contribution >= 4 is 5.78 Å². The van der Waals surface area contributed by atoms with Gasteiger partial charge in [0.1, 0.15) is 0 Å². The van der Waals surface area contributed by atoms with Crippen LogP contribution in [0.15, 0.2) is 139 Å². The number of ketones is 1. The van der Waals surface area contributed by atoms with Gasteiger partial charge in [0.25, 0.3) is 5.56 Å². The number of benzene rings is 4. The van der Waals surface area contributed by atoms with Crippen LogP contribution >= 0.6 is 0 Å². The molecule has 8 rings (SSSR count). The van der Waals surface area contributed by atoms with E-state index in [4.69, 9.17) is 9.47 Å². The van der Waals surface area contributed by atoms with E-state index in [-0.39, 0.29) is 17.3 Å². The molecule has 0 saturated carbocycles. The number of pyridine rings is 2. The van der Waals surface area contributed by atoms with Crippen LogP contribution in [0.3, 0.4) is 0 Å². The number of nitrogens with zero attached hydrogens (tertiary/aromatic N) is 4. The molecule has 1 atom stereocenters. The number of hydrogen-bond donors (Lipinski definition) is 0. The third-order valence-corrected chi connectivity index (χ3v) is 10.6. The lowest BCUT2D eigenvalue weighted by molar-refractivity contribution is 0.0895. The molecule has 0 bridgehead atoms. The molecule has 8 nitrogen and oxygen atoms in total. The molecule has 2 aliphatic rings. The van der Waals surface area contributed by atoms with Crippen molar-refractivity contribution in [3.63, 3.8) is 0 Å².